The first kappa shape index (κ1) is 33.9. The van der Waals surface area contributed by atoms with Gasteiger partial charge in [0.25, 0.3) is 5.91 Å². The second kappa shape index (κ2) is 14.1. The lowest BCUT2D eigenvalue weighted by Crippen LogP contribution is -2.39. The van der Waals surface area contributed by atoms with Gasteiger partial charge in [-0.3, -0.25) is 14.3 Å². The third-order valence-electron chi connectivity index (χ3n) is 8.70. The molecule has 14 heteroatoms. The maximum Gasteiger partial charge on any atom is 0.433 e. The van der Waals surface area contributed by atoms with Gasteiger partial charge >= 0.3 is 6.18 Å². The van der Waals surface area contributed by atoms with Crippen LogP contribution in [0.25, 0.3) is 10.9 Å². The van der Waals surface area contributed by atoms with Crippen LogP contribution >= 0.6 is 0 Å². The number of aliphatic hydroxyl groups is 1. The van der Waals surface area contributed by atoms with E-state index in [1.807, 2.05) is 10.9 Å². The molecule has 10 nitrogen and oxygen atoms in total. The first-order valence-electron chi connectivity index (χ1n) is 15.8. The molecule has 46 heavy (non-hydrogen) atoms. The van der Waals surface area contributed by atoms with Crippen LogP contribution in [0.5, 0.6) is 5.75 Å². The maximum absolute atomic E-state index is 13.3. The van der Waals surface area contributed by atoms with Crippen molar-refractivity contribution in [3.63, 3.8) is 0 Å². The van der Waals surface area contributed by atoms with Crippen LogP contribution in [0.4, 0.5) is 18.9 Å². The molecular weight excluding hydrogens is 619 g/mol. The molecule has 0 unspecified atom stereocenters. The van der Waals surface area contributed by atoms with Gasteiger partial charge < -0.3 is 24.8 Å². The highest BCUT2D eigenvalue weighted by Gasteiger charge is 2.34. The van der Waals surface area contributed by atoms with E-state index in [-0.39, 0.29) is 55.1 Å². The first-order valence-corrected chi connectivity index (χ1v) is 19.5. The van der Waals surface area contributed by atoms with Crippen molar-refractivity contribution in [3.8, 4) is 5.75 Å². The molecule has 0 bridgehead atoms. The molecule has 250 valence electrons. The predicted octanol–water partition coefficient (Wildman–Crippen LogP) is 6.11. The molecule has 1 aliphatic heterocycles. The Hall–Kier alpha value is -3.49. The Morgan fingerprint density at radius 3 is 2.59 bits per heavy atom. The molecule has 0 spiro atoms. The van der Waals surface area contributed by atoms with Gasteiger partial charge in [-0.05, 0) is 62.3 Å². The highest BCUT2D eigenvalue weighted by Crippen LogP contribution is 2.36. The van der Waals surface area contributed by atoms with Crippen LogP contribution in [0.3, 0.4) is 0 Å². The van der Waals surface area contributed by atoms with Gasteiger partial charge in [-0.15, -0.1) is 0 Å². The second-order valence-electron chi connectivity index (χ2n) is 13.4. The molecule has 2 aliphatic rings. The number of amides is 2. The summed E-state index contributed by atoms with van der Waals surface area (Å²) in [6.45, 7) is 7.83. The lowest BCUT2D eigenvalue weighted by molar-refractivity contribution is -0.141. The average molecular weight is 662 g/mol. The minimum Gasteiger partial charge on any atom is -0.489 e. The number of carbonyl (C=O) groups is 2. The minimum absolute atomic E-state index is 0.0177. The van der Waals surface area contributed by atoms with E-state index in [4.69, 9.17) is 14.6 Å². The number of pyridine rings is 1. The van der Waals surface area contributed by atoms with Crippen molar-refractivity contribution in [2.24, 2.45) is 5.92 Å². The molecular formula is C32H42F3N5O5Si. The van der Waals surface area contributed by atoms with E-state index in [2.05, 4.69) is 29.9 Å². The number of benzene rings is 1. The van der Waals surface area contributed by atoms with Gasteiger partial charge in [0.2, 0.25) is 5.91 Å². The van der Waals surface area contributed by atoms with Crippen LogP contribution in [-0.2, 0) is 15.7 Å². The number of nitrogens with one attached hydrogen (secondary N) is 1. The number of ether oxygens (including phenoxy) is 2. The van der Waals surface area contributed by atoms with Gasteiger partial charge in [-0.25, -0.2) is 4.98 Å². The minimum atomic E-state index is -4.70. The van der Waals surface area contributed by atoms with Crippen molar-refractivity contribution in [1.82, 2.24) is 19.7 Å². The Morgan fingerprint density at radius 2 is 1.89 bits per heavy atom. The number of hydrogen-bond acceptors (Lipinski definition) is 7. The van der Waals surface area contributed by atoms with E-state index in [1.165, 1.54) is 6.07 Å². The molecule has 1 aliphatic carbocycles. The van der Waals surface area contributed by atoms with Gasteiger partial charge in [-0.1, -0.05) is 25.7 Å². The molecule has 2 aromatic heterocycles. The fraction of sp³-hybridized carbons (Fsp3) is 0.562. The van der Waals surface area contributed by atoms with Gasteiger partial charge in [0.1, 0.15) is 30.5 Å². The lowest BCUT2D eigenvalue weighted by Gasteiger charge is -2.27. The van der Waals surface area contributed by atoms with E-state index in [0.717, 1.165) is 49.2 Å². The zero-order valence-corrected chi connectivity index (χ0v) is 27.5. The summed E-state index contributed by atoms with van der Waals surface area (Å²) in [5, 5.41) is 17.7. The van der Waals surface area contributed by atoms with E-state index in [9.17, 15) is 27.9 Å². The Bertz CT molecular complexity index is 1530. The van der Waals surface area contributed by atoms with Crippen LogP contribution in [-0.4, -0.2) is 77.3 Å². The van der Waals surface area contributed by atoms with Crippen molar-refractivity contribution in [2.75, 3.05) is 31.9 Å². The van der Waals surface area contributed by atoms with Crippen molar-refractivity contribution in [2.45, 2.75) is 82.5 Å². The molecule has 5 rings (SSSR count). The largest absolute Gasteiger partial charge is 0.489 e. The highest BCUT2D eigenvalue weighted by molar-refractivity contribution is 6.76. The van der Waals surface area contributed by atoms with E-state index < -0.39 is 25.9 Å². The van der Waals surface area contributed by atoms with Crippen molar-refractivity contribution in [1.29, 1.82) is 0 Å². The number of nitrogens with zero attached hydrogens (tertiary/aromatic N) is 4. The summed E-state index contributed by atoms with van der Waals surface area (Å²) in [5.74, 6) is -0.268. The summed E-state index contributed by atoms with van der Waals surface area (Å²) in [5.41, 5.74) is -0.673. The summed E-state index contributed by atoms with van der Waals surface area (Å²) < 4.78 is 53.8. The Balaban J connectivity index is 1.37. The first-order chi connectivity index (χ1) is 21.8. The average Bonchev–Trinajstić information content (AvgIpc) is 3.59. The third-order valence-corrected chi connectivity index (χ3v) is 10.4. The number of aromatic nitrogens is 3. The van der Waals surface area contributed by atoms with Gasteiger partial charge in [0.15, 0.2) is 0 Å². The van der Waals surface area contributed by atoms with Gasteiger partial charge in [0.05, 0.1) is 23.3 Å². The zero-order chi connectivity index (χ0) is 33.1. The topological polar surface area (TPSA) is 119 Å². The Kier molecular flexibility index (Phi) is 10.4. The molecule has 1 atom stereocenters. The Labute approximate surface area is 267 Å². The number of anilines is 1. The molecule has 2 amide bonds. The summed E-state index contributed by atoms with van der Waals surface area (Å²) in [7, 11) is -1.29. The van der Waals surface area contributed by atoms with Crippen LogP contribution < -0.4 is 10.1 Å². The summed E-state index contributed by atoms with van der Waals surface area (Å²) >= 11 is 0. The monoisotopic (exact) mass is 661 g/mol. The van der Waals surface area contributed by atoms with Gasteiger partial charge in [-0.2, -0.15) is 18.3 Å². The van der Waals surface area contributed by atoms with Crippen LogP contribution in [0, 0.1) is 5.92 Å². The van der Waals surface area contributed by atoms with Crippen LogP contribution in [0.15, 0.2) is 36.5 Å². The molecule has 1 saturated heterocycles. The fourth-order valence-corrected chi connectivity index (χ4v) is 6.60. The number of rotatable bonds is 12. The molecule has 1 saturated carbocycles. The van der Waals surface area contributed by atoms with E-state index >= 15 is 0 Å². The normalized spacial score (nSPS) is 20.8. The van der Waals surface area contributed by atoms with Crippen LogP contribution in [0.1, 0.15) is 60.7 Å². The van der Waals surface area contributed by atoms with E-state index in [0.29, 0.717) is 30.9 Å². The smallest absolute Gasteiger partial charge is 0.433 e. The molecule has 0 radical (unpaired) electrons. The molecule has 2 fully saturated rings. The number of aliphatic hydroxyl groups excluding tert-OH is 1. The number of fused-ring (bicyclic) bond motifs is 1. The second-order valence-corrected chi connectivity index (χ2v) is 19.1. The number of halogens is 3. The number of likely N-dealkylation sites (tertiary alicyclic amines) is 1. The van der Waals surface area contributed by atoms with Crippen LogP contribution in [0.2, 0.25) is 25.7 Å². The summed E-state index contributed by atoms with van der Waals surface area (Å²) in [6.07, 6.45) is 1.69. The summed E-state index contributed by atoms with van der Waals surface area (Å²) in [6, 6.07) is 7.45. The van der Waals surface area contributed by atoms with Crippen molar-refractivity contribution < 1.29 is 37.3 Å². The quantitative estimate of drug-likeness (QED) is 0.178. The number of alkyl halides is 3. The molecule has 2 N–H and O–H groups in total. The summed E-state index contributed by atoms with van der Waals surface area (Å²) in [4.78, 5) is 31.0. The van der Waals surface area contributed by atoms with Gasteiger partial charge in [0, 0.05) is 45.4 Å². The van der Waals surface area contributed by atoms with E-state index in [1.54, 1.807) is 17.0 Å². The van der Waals surface area contributed by atoms with Crippen molar-refractivity contribution >= 4 is 36.5 Å². The standard InChI is InChI=1S/C32H42F3N5O5Si/c1-46(2,3)14-13-44-20-39-24(11-12-30(39)42)19-45-28-16-26-22(17-40(38-26)23-9-7-21(18-41)8-10-23)15-27(28)37-31(43)25-5-4-6-29(36-25)32(33,34)35/h4-6,15-17,21,23-24,41H,7-14,18-20H2,1-3H3,(H,37,43)/t21?,23?,24-/m0/s1. The molecule has 3 heterocycles. The fourth-order valence-electron chi connectivity index (χ4n) is 5.84. The SMILES string of the molecule is C[Si](C)(C)CCOCN1C(=O)CC[C@H]1COc1cc2nn(C3CCC(CO)CC3)cc2cc1NC(=O)c1cccc(C(F)(F)F)n1. The maximum atomic E-state index is 13.3. The Morgan fingerprint density at radius 1 is 1.13 bits per heavy atom. The number of hydrogen-bond donors (Lipinski definition) is 2. The highest BCUT2D eigenvalue weighted by atomic mass is 28.3. The molecule has 3 aromatic rings. The zero-order valence-electron chi connectivity index (χ0n) is 26.5. The molecule has 1 aromatic carbocycles. The predicted molar refractivity (Wildman–Crippen MR) is 169 cm³/mol. The lowest BCUT2D eigenvalue weighted by atomic mass is 9.87. The number of carbonyl (C=O) groups excluding carboxylic acids is 2. The third kappa shape index (κ3) is 8.45. The van der Waals surface area contributed by atoms with Crippen molar-refractivity contribution in [3.05, 3.63) is 47.9 Å².